The summed E-state index contributed by atoms with van der Waals surface area (Å²) >= 11 is 0. The van der Waals surface area contributed by atoms with Gasteiger partial charge in [0.2, 0.25) is 0 Å². The molecule has 1 aromatic carbocycles. The van der Waals surface area contributed by atoms with Gasteiger partial charge in [0, 0.05) is 18.4 Å². The number of rotatable bonds is 5. The molecule has 0 aromatic heterocycles. The number of nitrogens with one attached hydrogen (secondary N) is 1. The van der Waals surface area contributed by atoms with E-state index in [-0.39, 0.29) is 12.3 Å². The topological polar surface area (TPSA) is 95.9 Å². The van der Waals surface area contributed by atoms with Crippen LogP contribution in [0.5, 0.6) is 5.75 Å². The molecule has 1 aromatic rings. The Morgan fingerprint density at radius 3 is 2.45 bits per heavy atom. The van der Waals surface area contributed by atoms with Crippen LogP contribution < -0.4 is 10.1 Å². The van der Waals surface area contributed by atoms with E-state index in [0.717, 1.165) is 5.56 Å². The highest BCUT2D eigenvalue weighted by atomic mass is 16.5. The summed E-state index contributed by atoms with van der Waals surface area (Å²) in [5.74, 6) is -1.86. The van der Waals surface area contributed by atoms with Crippen LogP contribution in [0, 0.1) is 5.92 Å². The maximum atomic E-state index is 11.2. The summed E-state index contributed by atoms with van der Waals surface area (Å²) in [5, 5.41) is 21.0. The second-order valence-corrected chi connectivity index (χ2v) is 4.87. The van der Waals surface area contributed by atoms with Gasteiger partial charge in [0.15, 0.2) is 0 Å². The molecule has 1 heterocycles. The Hall–Kier alpha value is -2.08. The first-order valence-electron chi connectivity index (χ1n) is 6.35. The van der Waals surface area contributed by atoms with E-state index in [9.17, 15) is 9.59 Å². The fourth-order valence-electron chi connectivity index (χ4n) is 2.74. The van der Waals surface area contributed by atoms with Gasteiger partial charge in [-0.05, 0) is 17.7 Å². The Morgan fingerprint density at radius 1 is 1.30 bits per heavy atom. The minimum atomic E-state index is -1.01. The first-order valence-corrected chi connectivity index (χ1v) is 6.35. The Labute approximate surface area is 116 Å². The summed E-state index contributed by atoms with van der Waals surface area (Å²) in [5.41, 5.74) is 0.924. The highest BCUT2D eigenvalue weighted by Gasteiger charge is 2.41. The molecule has 0 unspecified atom stereocenters. The molecular formula is C14H17NO5. The number of benzene rings is 1. The molecule has 1 aliphatic heterocycles. The molecule has 108 valence electrons. The van der Waals surface area contributed by atoms with Crippen molar-refractivity contribution in [2.24, 2.45) is 5.92 Å². The summed E-state index contributed by atoms with van der Waals surface area (Å²) in [7, 11) is 1.57. The van der Waals surface area contributed by atoms with Crippen molar-refractivity contribution in [3.8, 4) is 5.75 Å². The predicted octanol–water partition coefficient (Wildman–Crippen LogP) is 0.926. The van der Waals surface area contributed by atoms with Crippen molar-refractivity contribution in [1.82, 2.24) is 5.32 Å². The van der Waals surface area contributed by atoms with E-state index in [1.165, 1.54) is 0 Å². The first-order chi connectivity index (χ1) is 9.52. The summed E-state index contributed by atoms with van der Waals surface area (Å²) in [6, 6.07) is 6.47. The van der Waals surface area contributed by atoms with Crippen molar-refractivity contribution >= 4 is 11.9 Å². The third kappa shape index (κ3) is 2.91. The predicted molar refractivity (Wildman–Crippen MR) is 70.9 cm³/mol. The van der Waals surface area contributed by atoms with E-state index in [1.54, 1.807) is 19.2 Å². The van der Waals surface area contributed by atoms with Crippen LogP contribution in [0.25, 0.3) is 0 Å². The zero-order chi connectivity index (χ0) is 14.7. The summed E-state index contributed by atoms with van der Waals surface area (Å²) < 4.78 is 5.08. The first kappa shape index (κ1) is 14.3. The third-order valence-corrected chi connectivity index (χ3v) is 3.72. The summed E-state index contributed by atoms with van der Waals surface area (Å²) in [4.78, 5) is 22.2. The summed E-state index contributed by atoms with van der Waals surface area (Å²) in [6.45, 7) is 0.460. The monoisotopic (exact) mass is 279 g/mol. The Bertz CT molecular complexity index is 499. The van der Waals surface area contributed by atoms with Gasteiger partial charge in [0.1, 0.15) is 11.8 Å². The van der Waals surface area contributed by atoms with Gasteiger partial charge in [-0.15, -0.1) is 0 Å². The number of ether oxygens (including phenoxy) is 1. The van der Waals surface area contributed by atoms with Crippen LogP contribution in [0.15, 0.2) is 24.3 Å². The van der Waals surface area contributed by atoms with E-state index >= 15 is 0 Å². The molecular weight excluding hydrogens is 262 g/mol. The number of carboxylic acid groups (broad SMARTS) is 2. The smallest absolute Gasteiger partial charge is 0.321 e. The Kier molecular flexibility index (Phi) is 4.24. The van der Waals surface area contributed by atoms with Crippen LogP contribution in [-0.4, -0.2) is 41.8 Å². The normalized spacial score (nSPS) is 25.4. The van der Waals surface area contributed by atoms with E-state index < -0.39 is 23.9 Å². The molecule has 2 rings (SSSR count). The van der Waals surface area contributed by atoms with Crippen LogP contribution >= 0.6 is 0 Å². The van der Waals surface area contributed by atoms with E-state index in [0.29, 0.717) is 12.3 Å². The van der Waals surface area contributed by atoms with Gasteiger partial charge in [0.25, 0.3) is 0 Å². The zero-order valence-corrected chi connectivity index (χ0v) is 11.1. The molecule has 20 heavy (non-hydrogen) atoms. The quantitative estimate of drug-likeness (QED) is 0.742. The van der Waals surface area contributed by atoms with E-state index in [2.05, 4.69) is 5.32 Å². The lowest BCUT2D eigenvalue weighted by Gasteiger charge is -2.20. The number of hydrogen-bond donors (Lipinski definition) is 3. The van der Waals surface area contributed by atoms with Crippen LogP contribution in [0.1, 0.15) is 17.9 Å². The average molecular weight is 279 g/mol. The highest BCUT2D eigenvalue weighted by Crippen LogP contribution is 2.35. The van der Waals surface area contributed by atoms with Crippen LogP contribution in [0.2, 0.25) is 0 Å². The molecule has 3 N–H and O–H groups in total. The average Bonchev–Trinajstić information content (AvgIpc) is 2.82. The fourth-order valence-corrected chi connectivity index (χ4v) is 2.74. The van der Waals surface area contributed by atoms with Gasteiger partial charge in [-0.1, -0.05) is 12.1 Å². The van der Waals surface area contributed by atoms with Crippen LogP contribution in [0.3, 0.4) is 0 Å². The minimum Gasteiger partial charge on any atom is -0.497 e. The number of aliphatic carboxylic acids is 2. The van der Waals surface area contributed by atoms with Crippen molar-refractivity contribution in [2.75, 3.05) is 13.7 Å². The number of methoxy groups -OCH3 is 1. The maximum Gasteiger partial charge on any atom is 0.321 e. The largest absolute Gasteiger partial charge is 0.497 e. The second-order valence-electron chi connectivity index (χ2n) is 4.87. The molecule has 3 atom stereocenters. The Morgan fingerprint density at radius 2 is 1.95 bits per heavy atom. The molecule has 6 heteroatoms. The summed E-state index contributed by atoms with van der Waals surface area (Å²) in [6.07, 6.45) is -0.166. The standard InChI is InChI=1S/C14H17NO5/c1-20-9-4-2-8(3-5-9)11-7-15-13(14(18)19)10(11)6-12(16)17/h2-5,10-11,13,15H,6-7H2,1H3,(H,16,17)(H,18,19)/t10-,11+,13-/m0/s1. The molecule has 1 saturated heterocycles. The van der Waals surface area contributed by atoms with Crippen molar-refractivity contribution < 1.29 is 24.5 Å². The van der Waals surface area contributed by atoms with Crippen LogP contribution in [-0.2, 0) is 9.59 Å². The number of hydrogen-bond acceptors (Lipinski definition) is 4. The lowest BCUT2D eigenvalue weighted by molar-refractivity contribution is -0.142. The van der Waals surface area contributed by atoms with Gasteiger partial charge in [-0.25, -0.2) is 0 Å². The molecule has 1 fully saturated rings. The molecule has 0 amide bonds. The van der Waals surface area contributed by atoms with Crippen LogP contribution in [0.4, 0.5) is 0 Å². The third-order valence-electron chi connectivity index (χ3n) is 3.72. The van der Waals surface area contributed by atoms with Crippen molar-refractivity contribution in [2.45, 2.75) is 18.4 Å². The van der Waals surface area contributed by atoms with Gasteiger partial charge in [0.05, 0.1) is 13.5 Å². The number of carbonyl (C=O) groups is 2. The van der Waals surface area contributed by atoms with Gasteiger partial charge in [-0.2, -0.15) is 0 Å². The number of carboxylic acids is 2. The molecule has 0 saturated carbocycles. The van der Waals surface area contributed by atoms with E-state index in [4.69, 9.17) is 14.9 Å². The van der Waals surface area contributed by atoms with Crippen molar-refractivity contribution in [1.29, 1.82) is 0 Å². The van der Waals surface area contributed by atoms with Gasteiger partial charge >= 0.3 is 11.9 Å². The molecule has 0 spiro atoms. The molecule has 0 aliphatic carbocycles. The van der Waals surface area contributed by atoms with Gasteiger partial charge in [-0.3, -0.25) is 9.59 Å². The molecule has 0 bridgehead atoms. The molecule has 0 radical (unpaired) electrons. The molecule has 1 aliphatic rings. The van der Waals surface area contributed by atoms with Crippen molar-refractivity contribution in [3.05, 3.63) is 29.8 Å². The van der Waals surface area contributed by atoms with Crippen molar-refractivity contribution in [3.63, 3.8) is 0 Å². The SMILES string of the molecule is COc1ccc([C@H]2CN[C@H](C(=O)O)[C@H]2CC(=O)O)cc1. The Balaban J connectivity index is 2.23. The fraction of sp³-hybridized carbons (Fsp3) is 0.429. The lowest BCUT2D eigenvalue weighted by Crippen LogP contribution is -2.36. The minimum absolute atomic E-state index is 0.127. The molecule has 6 nitrogen and oxygen atoms in total. The maximum absolute atomic E-state index is 11.2. The lowest BCUT2D eigenvalue weighted by atomic mass is 9.83. The van der Waals surface area contributed by atoms with E-state index in [1.807, 2.05) is 12.1 Å². The second kappa shape index (κ2) is 5.92. The zero-order valence-electron chi connectivity index (χ0n) is 11.1. The van der Waals surface area contributed by atoms with Gasteiger partial charge < -0.3 is 20.3 Å². The highest BCUT2D eigenvalue weighted by molar-refractivity contribution is 5.76.